The van der Waals surface area contributed by atoms with Crippen LogP contribution in [-0.4, -0.2) is 22.8 Å². The number of para-hydroxylation sites is 1. The molecule has 0 bridgehead atoms. The van der Waals surface area contributed by atoms with Crippen molar-refractivity contribution >= 4 is 22.9 Å². The Morgan fingerprint density at radius 1 is 1.31 bits per heavy atom. The van der Waals surface area contributed by atoms with Crippen molar-refractivity contribution in [2.45, 2.75) is 27.2 Å². The minimum absolute atomic E-state index is 0.162. The van der Waals surface area contributed by atoms with Crippen molar-refractivity contribution in [1.29, 1.82) is 0 Å². The molecule has 2 heterocycles. The van der Waals surface area contributed by atoms with E-state index in [4.69, 9.17) is 9.47 Å². The summed E-state index contributed by atoms with van der Waals surface area (Å²) in [6.45, 7) is 4.83. The van der Waals surface area contributed by atoms with E-state index in [0.29, 0.717) is 23.9 Å². The van der Waals surface area contributed by atoms with Crippen molar-refractivity contribution in [1.82, 2.24) is 9.78 Å². The number of carbonyl (C=O) groups excluding carboxylic acids is 1. The van der Waals surface area contributed by atoms with Crippen LogP contribution in [0.25, 0.3) is 0 Å². The SMILES string of the molecule is COCn1cc(NC(=O)c2cc(COc3c(C)cccc3C)cs2)cn1. The summed E-state index contributed by atoms with van der Waals surface area (Å²) in [4.78, 5) is 13.0. The number of nitrogens with zero attached hydrogens (tertiary/aromatic N) is 2. The van der Waals surface area contributed by atoms with Crippen LogP contribution in [0.5, 0.6) is 5.75 Å². The number of aromatic nitrogens is 2. The second kappa shape index (κ2) is 8.16. The predicted octanol–water partition coefficient (Wildman–Crippen LogP) is 4.00. The van der Waals surface area contributed by atoms with Crippen molar-refractivity contribution < 1.29 is 14.3 Å². The van der Waals surface area contributed by atoms with Gasteiger partial charge < -0.3 is 14.8 Å². The van der Waals surface area contributed by atoms with Gasteiger partial charge in [-0.05, 0) is 36.4 Å². The Kier molecular flexibility index (Phi) is 5.70. The maximum absolute atomic E-state index is 12.4. The Hall–Kier alpha value is -2.64. The lowest BCUT2D eigenvalue weighted by atomic mass is 10.1. The molecule has 0 radical (unpaired) electrons. The normalized spacial score (nSPS) is 10.7. The fraction of sp³-hybridized carbons (Fsp3) is 0.263. The molecule has 0 spiro atoms. The van der Waals surface area contributed by atoms with Crippen molar-refractivity contribution in [3.8, 4) is 5.75 Å². The summed E-state index contributed by atoms with van der Waals surface area (Å²) < 4.78 is 12.5. The summed E-state index contributed by atoms with van der Waals surface area (Å²) in [5.74, 6) is 0.737. The van der Waals surface area contributed by atoms with Gasteiger partial charge in [0.25, 0.3) is 5.91 Å². The number of rotatable bonds is 7. The zero-order valence-electron chi connectivity index (χ0n) is 15.0. The highest BCUT2D eigenvalue weighted by Crippen LogP contribution is 2.24. The number of ether oxygens (including phenoxy) is 2. The Bertz CT molecular complexity index is 881. The third kappa shape index (κ3) is 4.30. The number of nitrogens with one attached hydrogen (secondary N) is 1. The molecule has 0 saturated carbocycles. The largest absolute Gasteiger partial charge is 0.488 e. The van der Waals surface area contributed by atoms with Gasteiger partial charge in [-0.25, -0.2) is 4.68 Å². The van der Waals surface area contributed by atoms with Gasteiger partial charge >= 0.3 is 0 Å². The van der Waals surface area contributed by atoms with Crippen LogP contribution >= 0.6 is 11.3 Å². The highest BCUT2D eigenvalue weighted by atomic mass is 32.1. The lowest BCUT2D eigenvalue weighted by molar-refractivity contribution is 0.103. The van der Waals surface area contributed by atoms with Crippen molar-refractivity contribution in [3.63, 3.8) is 0 Å². The van der Waals surface area contributed by atoms with Crippen LogP contribution in [-0.2, 0) is 18.1 Å². The first-order valence-corrected chi connectivity index (χ1v) is 9.04. The maximum atomic E-state index is 12.4. The fourth-order valence-electron chi connectivity index (χ4n) is 2.58. The Labute approximate surface area is 156 Å². The molecule has 0 saturated heterocycles. The van der Waals surface area contributed by atoms with Crippen LogP contribution in [0, 0.1) is 13.8 Å². The molecule has 3 rings (SSSR count). The molecule has 1 N–H and O–H groups in total. The van der Waals surface area contributed by atoms with Crippen LogP contribution in [0.15, 0.2) is 42.0 Å². The number of anilines is 1. The summed E-state index contributed by atoms with van der Waals surface area (Å²) in [7, 11) is 1.59. The number of hydrogen-bond acceptors (Lipinski definition) is 5. The van der Waals surface area contributed by atoms with Crippen molar-refractivity contribution in [2.75, 3.05) is 12.4 Å². The van der Waals surface area contributed by atoms with Crippen LogP contribution in [0.2, 0.25) is 0 Å². The first kappa shape index (κ1) is 18.2. The number of aryl methyl sites for hydroxylation is 2. The fourth-order valence-corrected chi connectivity index (χ4v) is 3.37. The average molecular weight is 371 g/mol. The minimum Gasteiger partial charge on any atom is -0.488 e. The van der Waals surface area contributed by atoms with Gasteiger partial charge in [0, 0.05) is 12.7 Å². The Morgan fingerprint density at radius 2 is 2.08 bits per heavy atom. The summed E-state index contributed by atoms with van der Waals surface area (Å²) in [5, 5.41) is 8.87. The summed E-state index contributed by atoms with van der Waals surface area (Å²) in [5.41, 5.74) is 3.81. The average Bonchev–Trinajstić information content (AvgIpc) is 3.24. The van der Waals surface area contributed by atoms with Gasteiger partial charge in [-0.2, -0.15) is 5.10 Å². The highest BCUT2D eigenvalue weighted by molar-refractivity contribution is 7.12. The number of thiophene rings is 1. The topological polar surface area (TPSA) is 65.4 Å². The zero-order valence-corrected chi connectivity index (χ0v) is 15.8. The molecule has 136 valence electrons. The molecular weight excluding hydrogens is 350 g/mol. The van der Waals surface area contributed by atoms with Gasteiger partial charge in [-0.3, -0.25) is 4.79 Å². The molecule has 1 aromatic carbocycles. The van der Waals surface area contributed by atoms with Gasteiger partial charge in [0.05, 0.1) is 23.0 Å². The molecule has 7 heteroatoms. The Morgan fingerprint density at radius 3 is 2.81 bits per heavy atom. The summed E-state index contributed by atoms with van der Waals surface area (Å²) in [6, 6.07) is 7.92. The number of hydrogen-bond donors (Lipinski definition) is 1. The zero-order chi connectivity index (χ0) is 18.5. The molecule has 0 fully saturated rings. The quantitative estimate of drug-likeness (QED) is 0.682. The van der Waals surface area contributed by atoms with Crippen LogP contribution in [0.3, 0.4) is 0 Å². The number of methoxy groups -OCH3 is 1. The van der Waals surface area contributed by atoms with E-state index in [1.165, 1.54) is 11.3 Å². The van der Waals surface area contributed by atoms with E-state index >= 15 is 0 Å². The highest BCUT2D eigenvalue weighted by Gasteiger charge is 2.12. The smallest absolute Gasteiger partial charge is 0.265 e. The van der Waals surface area contributed by atoms with Crippen LogP contribution in [0.4, 0.5) is 5.69 Å². The van der Waals surface area contributed by atoms with Crippen molar-refractivity contribution in [3.05, 3.63) is 63.6 Å². The third-order valence-corrected chi connectivity index (χ3v) is 4.80. The lowest BCUT2D eigenvalue weighted by Crippen LogP contribution is -2.09. The van der Waals surface area contributed by atoms with Crippen LogP contribution in [0.1, 0.15) is 26.4 Å². The summed E-state index contributed by atoms with van der Waals surface area (Å²) in [6.07, 6.45) is 3.31. The standard InChI is InChI=1S/C19H21N3O3S/c1-13-5-4-6-14(2)18(13)25-10-15-7-17(26-11-15)19(23)21-16-8-20-22(9-16)12-24-3/h4-9,11H,10,12H2,1-3H3,(H,21,23). The second-order valence-corrected chi connectivity index (χ2v) is 6.88. The molecule has 3 aromatic rings. The van der Waals surface area contributed by atoms with Crippen LogP contribution < -0.4 is 10.1 Å². The number of amides is 1. The molecule has 0 atom stereocenters. The molecule has 0 aliphatic heterocycles. The Balaban J connectivity index is 1.60. The number of carbonyl (C=O) groups is 1. The molecular formula is C19H21N3O3S. The second-order valence-electron chi connectivity index (χ2n) is 5.97. The molecule has 0 aliphatic rings. The van der Waals surface area contributed by atoms with Crippen molar-refractivity contribution in [2.24, 2.45) is 0 Å². The van der Waals surface area contributed by atoms with Gasteiger partial charge in [0.1, 0.15) is 19.1 Å². The van der Waals surface area contributed by atoms with Gasteiger partial charge in [0.2, 0.25) is 0 Å². The molecule has 6 nitrogen and oxygen atoms in total. The van der Waals surface area contributed by atoms with Gasteiger partial charge in [-0.1, -0.05) is 18.2 Å². The van der Waals surface area contributed by atoms with Gasteiger partial charge in [0.15, 0.2) is 0 Å². The van der Waals surface area contributed by atoms with Gasteiger partial charge in [-0.15, -0.1) is 11.3 Å². The van der Waals surface area contributed by atoms with E-state index < -0.39 is 0 Å². The van der Waals surface area contributed by atoms with E-state index in [2.05, 4.69) is 10.4 Å². The molecule has 26 heavy (non-hydrogen) atoms. The minimum atomic E-state index is -0.162. The monoisotopic (exact) mass is 371 g/mol. The van der Waals surface area contributed by atoms with E-state index in [1.54, 1.807) is 24.2 Å². The molecule has 2 aromatic heterocycles. The lowest BCUT2D eigenvalue weighted by Gasteiger charge is -2.10. The van der Waals surface area contributed by atoms with E-state index in [9.17, 15) is 4.79 Å². The number of benzene rings is 1. The predicted molar refractivity (Wildman–Crippen MR) is 102 cm³/mol. The third-order valence-electron chi connectivity index (χ3n) is 3.82. The molecule has 0 aliphatic carbocycles. The first-order chi connectivity index (χ1) is 12.6. The first-order valence-electron chi connectivity index (χ1n) is 8.16. The molecule has 0 unspecified atom stereocenters. The van der Waals surface area contributed by atoms with E-state index in [1.807, 2.05) is 43.5 Å². The van der Waals surface area contributed by atoms with E-state index in [-0.39, 0.29) is 5.91 Å². The molecule has 1 amide bonds. The maximum Gasteiger partial charge on any atom is 0.265 e. The summed E-state index contributed by atoms with van der Waals surface area (Å²) >= 11 is 1.39. The van der Waals surface area contributed by atoms with E-state index in [0.717, 1.165) is 22.4 Å².